The molecule has 0 saturated heterocycles. The van der Waals surface area contributed by atoms with Gasteiger partial charge >= 0.3 is 0 Å². The number of carbonyl (C=O) groups is 1. The quantitative estimate of drug-likeness (QED) is 0.593. The fourth-order valence-corrected chi connectivity index (χ4v) is 1.97. The average molecular weight is 307 g/mol. The average Bonchev–Trinajstić information content (AvgIpc) is 2.28. The Labute approximate surface area is 97.4 Å². The molecular weight excluding hydrogens is 293 g/mol. The van der Waals surface area contributed by atoms with Crippen LogP contribution in [-0.2, 0) is 4.79 Å². The first-order valence-corrected chi connectivity index (χ1v) is 5.52. The Hall–Kier alpha value is -0.590. The van der Waals surface area contributed by atoms with Crippen LogP contribution in [0.25, 0.3) is 0 Å². The fourth-order valence-electron chi connectivity index (χ4n) is 1.47. The molecule has 0 fully saturated rings. The smallest absolute Gasteiger partial charge is 0.223 e. The van der Waals surface area contributed by atoms with Gasteiger partial charge in [0.05, 0.1) is 3.72 Å². The van der Waals surface area contributed by atoms with Gasteiger partial charge in [-0.05, 0) is 29.0 Å². The minimum absolute atomic E-state index is 0.144. The standard InChI is InChI=1S/C9H14IN3O/c1-12-7-3-4-8(14)13(2)5-6(7)9(10)11/h11-12H,3-5H2,1-2H3. The number of likely N-dealkylation sites (N-methyl/N-ethyl adjacent to an activating group) is 1. The van der Waals surface area contributed by atoms with Crippen LogP contribution >= 0.6 is 22.6 Å². The first-order chi connectivity index (χ1) is 6.56. The minimum atomic E-state index is 0.144. The van der Waals surface area contributed by atoms with Crippen LogP contribution < -0.4 is 5.32 Å². The maximum atomic E-state index is 11.4. The van der Waals surface area contributed by atoms with Crippen molar-refractivity contribution in [1.29, 1.82) is 5.41 Å². The van der Waals surface area contributed by atoms with E-state index in [1.54, 1.807) is 11.9 Å². The van der Waals surface area contributed by atoms with Gasteiger partial charge in [-0.2, -0.15) is 0 Å². The van der Waals surface area contributed by atoms with Crippen molar-refractivity contribution in [3.63, 3.8) is 0 Å². The van der Waals surface area contributed by atoms with E-state index < -0.39 is 0 Å². The molecule has 1 aliphatic heterocycles. The van der Waals surface area contributed by atoms with E-state index in [1.807, 2.05) is 29.6 Å². The highest BCUT2D eigenvalue weighted by Crippen LogP contribution is 2.18. The second kappa shape index (κ2) is 4.77. The third kappa shape index (κ3) is 2.46. The summed E-state index contributed by atoms with van der Waals surface area (Å²) in [5.41, 5.74) is 1.95. The molecule has 0 aromatic rings. The monoisotopic (exact) mass is 307 g/mol. The van der Waals surface area contributed by atoms with Crippen molar-refractivity contribution in [2.75, 3.05) is 20.6 Å². The van der Waals surface area contributed by atoms with Gasteiger partial charge in [-0.15, -0.1) is 0 Å². The SMILES string of the molecule is CNC1=C(C(=N)I)CN(C)C(=O)CC1. The molecule has 4 nitrogen and oxygen atoms in total. The van der Waals surface area contributed by atoms with E-state index in [2.05, 4.69) is 5.32 Å². The van der Waals surface area contributed by atoms with E-state index in [4.69, 9.17) is 5.41 Å². The summed E-state index contributed by atoms with van der Waals surface area (Å²) in [4.78, 5) is 13.1. The third-order valence-corrected chi connectivity index (χ3v) is 2.99. The molecule has 0 aromatic heterocycles. The fraction of sp³-hybridized carbons (Fsp3) is 0.556. The number of rotatable bonds is 2. The molecule has 78 valence electrons. The van der Waals surface area contributed by atoms with Crippen LogP contribution in [0.5, 0.6) is 0 Å². The van der Waals surface area contributed by atoms with E-state index in [-0.39, 0.29) is 5.91 Å². The van der Waals surface area contributed by atoms with Gasteiger partial charge in [0, 0.05) is 38.3 Å². The molecule has 2 N–H and O–H groups in total. The van der Waals surface area contributed by atoms with Crippen molar-refractivity contribution in [2.45, 2.75) is 12.8 Å². The summed E-state index contributed by atoms with van der Waals surface area (Å²) in [6, 6.07) is 0. The predicted octanol–water partition coefficient (Wildman–Crippen LogP) is 1.12. The number of nitrogens with zero attached hydrogens (tertiary/aromatic N) is 1. The van der Waals surface area contributed by atoms with Gasteiger partial charge < -0.3 is 10.2 Å². The molecule has 1 rings (SSSR count). The molecule has 1 amide bonds. The lowest BCUT2D eigenvalue weighted by atomic mass is 10.1. The number of carbonyl (C=O) groups excluding carboxylic acids is 1. The Balaban J connectivity index is 2.97. The molecule has 5 heteroatoms. The summed E-state index contributed by atoms with van der Waals surface area (Å²) in [5.74, 6) is 0.144. The lowest BCUT2D eigenvalue weighted by Crippen LogP contribution is -2.28. The first kappa shape index (κ1) is 11.5. The summed E-state index contributed by atoms with van der Waals surface area (Å²) in [6.45, 7) is 0.538. The van der Waals surface area contributed by atoms with Crippen LogP contribution in [0.15, 0.2) is 11.3 Å². The Morgan fingerprint density at radius 3 is 2.71 bits per heavy atom. The highest BCUT2D eigenvalue weighted by molar-refractivity contribution is 14.1. The Morgan fingerprint density at radius 1 is 1.57 bits per heavy atom. The van der Waals surface area contributed by atoms with Crippen molar-refractivity contribution in [3.8, 4) is 0 Å². The molecule has 0 atom stereocenters. The van der Waals surface area contributed by atoms with Crippen molar-refractivity contribution < 1.29 is 4.79 Å². The van der Waals surface area contributed by atoms with E-state index in [9.17, 15) is 4.79 Å². The number of hydrogen-bond donors (Lipinski definition) is 2. The molecule has 1 aliphatic rings. The highest BCUT2D eigenvalue weighted by Gasteiger charge is 2.20. The highest BCUT2D eigenvalue weighted by atomic mass is 127. The normalized spacial score (nSPS) is 18.2. The molecule has 14 heavy (non-hydrogen) atoms. The summed E-state index contributed by atoms with van der Waals surface area (Å²) < 4.78 is 0.508. The van der Waals surface area contributed by atoms with Crippen LogP contribution in [0, 0.1) is 5.41 Å². The van der Waals surface area contributed by atoms with Gasteiger partial charge in [0.1, 0.15) is 0 Å². The van der Waals surface area contributed by atoms with Gasteiger partial charge in [0.2, 0.25) is 5.91 Å². The molecule has 0 bridgehead atoms. The topological polar surface area (TPSA) is 56.2 Å². The zero-order valence-electron chi connectivity index (χ0n) is 8.35. The van der Waals surface area contributed by atoms with Crippen molar-refractivity contribution in [2.24, 2.45) is 0 Å². The van der Waals surface area contributed by atoms with Crippen LogP contribution in [0.3, 0.4) is 0 Å². The molecule has 0 radical (unpaired) electrons. The van der Waals surface area contributed by atoms with Gasteiger partial charge in [-0.3, -0.25) is 10.2 Å². The summed E-state index contributed by atoms with van der Waals surface area (Å²) in [5, 5.41) is 10.7. The van der Waals surface area contributed by atoms with Crippen LogP contribution in [0.4, 0.5) is 0 Å². The first-order valence-electron chi connectivity index (χ1n) is 4.44. The Bertz CT molecular complexity index is 298. The van der Waals surface area contributed by atoms with E-state index in [0.717, 1.165) is 11.3 Å². The van der Waals surface area contributed by atoms with Crippen molar-refractivity contribution in [3.05, 3.63) is 11.3 Å². The second-order valence-electron chi connectivity index (χ2n) is 3.27. The van der Waals surface area contributed by atoms with Crippen molar-refractivity contribution >= 4 is 32.2 Å². The van der Waals surface area contributed by atoms with Gasteiger partial charge in [-0.1, -0.05) is 0 Å². The van der Waals surface area contributed by atoms with Gasteiger partial charge in [-0.25, -0.2) is 0 Å². The van der Waals surface area contributed by atoms with Gasteiger partial charge in [0.25, 0.3) is 0 Å². The summed E-state index contributed by atoms with van der Waals surface area (Å²) in [7, 11) is 3.62. The van der Waals surface area contributed by atoms with E-state index in [1.165, 1.54) is 0 Å². The molecule has 1 heterocycles. The number of allylic oxidation sites excluding steroid dienone is 1. The largest absolute Gasteiger partial charge is 0.391 e. The molecule has 0 saturated carbocycles. The van der Waals surface area contributed by atoms with E-state index >= 15 is 0 Å². The second-order valence-corrected chi connectivity index (χ2v) is 4.35. The van der Waals surface area contributed by atoms with Crippen LogP contribution in [0.2, 0.25) is 0 Å². The van der Waals surface area contributed by atoms with Crippen LogP contribution in [0.1, 0.15) is 12.8 Å². The molecule has 0 aromatic carbocycles. The number of halogens is 1. The zero-order chi connectivity index (χ0) is 10.7. The number of amides is 1. The summed E-state index contributed by atoms with van der Waals surface area (Å²) in [6.07, 6.45) is 1.24. The minimum Gasteiger partial charge on any atom is -0.391 e. The number of hydrogen-bond acceptors (Lipinski definition) is 3. The maximum Gasteiger partial charge on any atom is 0.223 e. The molecule has 0 spiro atoms. The third-order valence-electron chi connectivity index (χ3n) is 2.34. The molecule has 0 aliphatic carbocycles. The van der Waals surface area contributed by atoms with Crippen LogP contribution in [-0.4, -0.2) is 35.2 Å². The lowest BCUT2D eigenvalue weighted by molar-refractivity contribution is -0.129. The Kier molecular flexibility index (Phi) is 3.91. The zero-order valence-corrected chi connectivity index (χ0v) is 10.5. The molecular formula is C9H14IN3O. The summed E-state index contributed by atoms with van der Waals surface area (Å²) >= 11 is 1.98. The lowest BCUT2D eigenvalue weighted by Gasteiger charge is -2.15. The maximum absolute atomic E-state index is 11.4. The van der Waals surface area contributed by atoms with Gasteiger partial charge in [0.15, 0.2) is 0 Å². The molecule has 0 unspecified atom stereocenters. The van der Waals surface area contributed by atoms with E-state index in [0.29, 0.717) is 23.1 Å². The predicted molar refractivity (Wildman–Crippen MR) is 64.7 cm³/mol. The Morgan fingerprint density at radius 2 is 2.21 bits per heavy atom. The number of nitrogens with one attached hydrogen (secondary N) is 2. The van der Waals surface area contributed by atoms with Crippen molar-refractivity contribution in [1.82, 2.24) is 10.2 Å².